The number of hydrogen-bond acceptors (Lipinski definition) is 4. The summed E-state index contributed by atoms with van der Waals surface area (Å²) in [7, 11) is 0. The van der Waals surface area contributed by atoms with Crippen molar-refractivity contribution in [1.82, 2.24) is 0 Å². The van der Waals surface area contributed by atoms with Gasteiger partial charge in [-0.2, -0.15) is 0 Å². The minimum Gasteiger partial charge on any atom is -0.362 e. The van der Waals surface area contributed by atoms with Crippen molar-refractivity contribution < 1.29 is 19.7 Å². The van der Waals surface area contributed by atoms with Gasteiger partial charge < -0.3 is 5.11 Å². The minimum absolute atomic E-state index is 0.353. The Bertz CT molecular complexity index is 564. The molecule has 4 heteroatoms. The van der Waals surface area contributed by atoms with Gasteiger partial charge in [-0.05, 0) is 23.8 Å². The fourth-order valence-corrected chi connectivity index (χ4v) is 1.50. The Balaban J connectivity index is 1.82. The number of hydrogen-bond donors (Lipinski definition) is 1. The van der Waals surface area contributed by atoms with E-state index in [2.05, 4.69) is 9.78 Å². The van der Waals surface area contributed by atoms with Gasteiger partial charge in [0.15, 0.2) is 0 Å². The summed E-state index contributed by atoms with van der Waals surface area (Å²) >= 11 is 0. The quantitative estimate of drug-likeness (QED) is 0.515. The molecule has 4 nitrogen and oxygen atoms in total. The maximum atomic E-state index is 11.5. The summed E-state index contributed by atoms with van der Waals surface area (Å²) in [5.41, 5.74) is 1.26. The Hall–Kier alpha value is -2.43. The summed E-state index contributed by atoms with van der Waals surface area (Å²) in [6.45, 7) is 0. The van der Waals surface area contributed by atoms with E-state index in [1.165, 1.54) is 6.08 Å². The molecule has 2 rings (SSSR count). The molecule has 1 unspecified atom stereocenters. The van der Waals surface area contributed by atoms with Crippen LogP contribution in [0.5, 0.6) is 0 Å². The highest BCUT2D eigenvalue weighted by Gasteiger charge is 2.09. The first kappa shape index (κ1) is 14.0. The average Bonchev–Trinajstić information content (AvgIpc) is 2.52. The first-order valence-electron chi connectivity index (χ1n) is 6.10. The molecule has 0 aliphatic carbocycles. The smallest absolute Gasteiger partial charge is 0.362 e. The molecule has 1 N–H and O–H groups in total. The second-order valence-electron chi connectivity index (χ2n) is 3.99. The Morgan fingerprint density at radius 3 is 2.25 bits per heavy atom. The molecule has 102 valence electrons. The van der Waals surface area contributed by atoms with Crippen molar-refractivity contribution in [3.05, 3.63) is 77.9 Å². The predicted molar refractivity (Wildman–Crippen MR) is 74.4 cm³/mol. The third kappa shape index (κ3) is 4.35. The molecule has 0 amide bonds. The van der Waals surface area contributed by atoms with Gasteiger partial charge in [-0.25, -0.2) is 4.79 Å². The van der Waals surface area contributed by atoms with E-state index in [0.29, 0.717) is 5.56 Å². The molecule has 0 aliphatic heterocycles. The summed E-state index contributed by atoms with van der Waals surface area (Å²) < 4.78 is 0. The molecular weight excluding hydrogens is 256 g/mol. The van der Waals surface area contributed by atoms with Gasteiger partial charge >= 0.3 is 5.97 Å². The second kappa shape index (κ2) is 7.23. The van der Waals surface area contributed by atoms with E-state index < -0.39 is 12.3 Å². The average molecular weight is 270 g/mol. The second-order valence-corrected chi connectivity index (χ2v) is 3.99. The Morgan fingerprint density at radius 1 is 1.00 bits per heavy atom. The van der Waals surface area contributed by atoms with E-state index >= 15 is 0 Å². The zero-order valence-electron chi connectivity index (χ0n) is 10.7. The van der Waals surface area contributed by atoms with Crippen LogP contribution in [0.4, 0.5) is 0 Å². The number of rotatable bonds is 5. The third-order valence-corrected chi connectivity index (χ3v) is 2.48. The van der Waals surface area contributed by atoms with Gasteiger partial charge in [0.25, 0.3) is 0 Å². The van der Waals surface area contributed by atoms with Crippen molar-refractivity contribution in [2.24, 2.45) is 0 Å². The monoisotopic (exact) mass is 270 g/mol. The number of carbonyl (C=O) groups is 1. The van der Waals surface area contributed by atoms with Crippen LogP contribution in [-0.4, -0.2) is 17.4 Å². The van der Waals surface area contributed by atoms with Crippen LogP contribution < -0.4 is 0 Å². The molecule has 1 atom stereocenters. The molecule has 0 saturated carbocycles. The van der Waals surface area contributed by atoms with Crippen LogP contribution in [0.3, 0.4) is 0 Å². The zero-order chi connectivity index (χ0) is 14.2. The lowest BCUT2D eigenvalue weighted by molar-refractivity contribution is -0.311. The summed E-state index contributed by atoms with van der Waals surface area (Å²) in [6.07, 6.45) is 1.73. The summed E-state index contributed by atoms with van der Waals surface area (Å²) in [6, 6.07) is 17.8. The van der Waals surface area contributed by atoms with E-state index in [-0.39, 0.29) is 0 Å². The lowest BCUT2D eigenvalue weighted by atomic mass is 10.2. The molecular formula is C16H14O4. The first-order chi connectivity index (χ1) is 9.75. The van der Waals surface area contributed by atoms with Crippen molar-refractivity contribution in [1.29, 1.82) is 0 Å². The van der Waals surface area contributed by atoms with E-state index in [0.717, 1.165) is 5.56 Å². The van der Waals surface area contributed by atoms with Crippen LogP contribution in [-0.2, 0) is 9.78 Å². The number of aliphatic hydroxyl groups excluding tert-OH is 1. The van der Waals surface area contributed by atoms with Crippen LogP contribution in [0, 0.1) is 0 Å². The van der Waals surface area contributed by atoms with Gasteiger partial charge in [-0.15, -0.1) is 4.89 Å². The van der Waals surface area contributed by atoms with Crippen LogP contribution in [0.15, 0.2) is 66.7 Å². The molecule has 2 aromatic rings. The Labute approximate surface area is 116 Å². The van der Waals surface area contributed by atoms with Crippen molar-refractivity contribution in [2.45, 2.75) is 6.29 Å². The maximum absolute atomic E-state index is 11.5. The summed E-state index contributed by atoms with van der Waals surface area (Å²) in [5.74, 6) is -0.655. The molecule has 0 radical (unpaired) electrons. The number of aliphatic hydroxyl groups is 1. The molecule has 0 aromatic heterocycles. The van der Waals surface area contributed by atoms with Crippen molar-refractivity contribution in [3.63, 3.8) is 0 Å². The molecule has 0 heterocycles. The Kier molecular flexibility index (Phi) is 5.06. The molecule has 0 spiro atoms. The van der Waals surface area contributed by atoms with Gasteiger partial charge in [-0.3, -0.25) is 4.89 Å². The molecule has 0 bridgehead atoms. The lowest BCUT2D eigenvalue weighted by Crippen LogP contribution is -2.13. The van der Waals surface area contributed by atoms with Crippen LogP contribution >= 0.6 is 0 Å². The molecule has 2 aromatic carbocycles. The van der Waals surface area contributed by atoms with Crippen molar-refractivity contribution >= 4 is 12.0 Å². The highest BCUT2D eigenvalue weighted by molar-refractivity contribution is 5.88. The Morgan fingerprint density at radius 2 is 1.60 bits per heavy atom. The summed E-state index contributed by atoms with van der Waals surface area (Å²) in [5, 5.41) is 9.52. The fraction of sp³-hybridized carbons (Fsp3) is 0.0625. The largest absolute Gasteiger partial charge is 0.373 e. The standard InChI is InChI=1S/C16H14O4/c17-15(12-11-13-7-3-1-4-8-13)19-20-16(18)14-9-5-2-6-10-14/h1-12,15,17H. The number of carbonyl (C=O) groups excluding carboxylic acids is 1. The van der Waals surface area contributed by atoms with Crippen LogP contribution in [0.25, 0.3) is 6.08 Å². The summed E-state index contributed by atoms with van der Waals surface area (Å²) in [4.78, 5) is 20.7. The molecule has 0 aliphatic rings. The van der Waals surface area contributed by atoms with E-state index in [1.54, 1.807) is 36.4 Å². The zero-order valence-corrected chi connectivity index (χ0v) is 10.7. The van der Waals surface area contributed by atoms with Crippen LogP contribution in [0.1, 0.15) is 15.9 Å². The topological polar surface area (TPSA) is 55.8 Å². The SMILES string of the molecule is O=C(OOC(O)C=Cc1ccccc1)c1ccccc1. The van der Waals surface area contributed by atoms with Gasteiger partial charge in [-0.1, -0.05) is 54.6 Å². The number of benzene rings is 2. The molecule has 20 heavy (non-hydrogen) atoms. The van der Waals surface area contributed by atoms with Crippen molar-refractivity contribution in [2.75, 3.05) is 0 Å². The van der Waals surface area contributed by atoms with Crippen molar-refractivity contribution in [3.8, 4) is 0 Å². The first-order valence-corrected chi connectivity index (χ1v) is 6.10. The third-order valence-electron chi connectivity index (χ3n) is 2.48. The van der Waals surface area contributed by atoms with Crippen LogP contribution in [0.2, 0.25) is 0 Å². The van der Waals surface area contributed by atoms with Gasteiger partial charge in [0.2, 0.25) is 6.29 Å². The molecule has 0 saturated heterocycles. The highest BCUT2D eigenvalue weighted by Crippen LogP contribution is 2.05. The highest BCUT2D eigenvalue weighted by atomic mass is 17.2. The minimum atomic E-state index is -1.32. The maximum Gasteiger partial charge on any atom is 0.373 e. The van der Waals surface area contributed by atoms with E-state index in [4.69, 9.17) is 0 Å². The molecule has 0 fully saturated rings. The van der Waals surface area contributed by atoms with Gasteiger partial charge in [0.05, 0.1) is 5.56 Å². The normalized spacial score (nSPS) is 12.2. The van der Waals surface area contributed by atoms with E-state index in [9.17, 15) is 9.90 Å². The van der Waals surface area contributed by atoms with Gasteiger partial charge in [0, 0.05) is 0 Å². The van der Waals surface area contributed by atoms with E-state index in [1.807, 2.05) is 30.3 Å². The lowest BCUT2D eigenvalue weighted by Gasteiger charge is -2.06. The fourth-order valence-electron chi connectivity index (χ4n) is 1.50. The predicted octanol–water partition coefficient (Wildman–Crippen LogP) is 2.81. The van der Waals surface area contributed by atoms with Gasteiger partial charge in [0.1, 0.15) is 0 Å².